The smallest absolute Gasteiger partial charge is 0.0539 e. The van der Waals surface area contributed by atoms with Crippen molar-refractivity contribution < 1.29 is 0 Å². The highest BCUT2D eigenvalue weighted by molar-refractivity contribution is 7.25. The largest absolute Gasteiger partial charge is 0.348 e. The Bertz CT molecular complexity index is 2620. The molecule has 0 bridgehead atoms. The van der Waals surface area contributed by atoms with Gasteiger partial charge in [0.25, 0.3) is 0 Å². The van der Waals surface area contributed by atoms with Crippen LogP contribution < -0.4 is 9.80 Å². The second-order valence-corrected chi connectivity index (χ2v) is 15.7. The molecule has 0 amide bonds. The summed E-state index contributed by atoms with van der Waals surface area (Å²) in [5.74, 6) is 0.439. The van der Waals surface area contributed by atoms with Gasteiger partial charge in [0.1, 0.15) is 0 Å². The lowest BCUT2D eigenvalue weighted by molar-refractivity contribution is 0.757. The molecule has 2 aliphatic carbocycles. The van der Waals surface area contributed by atoms with Crippen LogP contribution in [0, 0.1) is 12.8 Å². The van der Waals surface area contributed by atoms with Gasteiger partial charge >= 0.3 is 0 Å². The number of anilines is 4. The number of fused-ring (bicyclic) bond motifs is 3. The van der Waals surface area contributed by atoms with E-state index in [1.807, 2.05) is 11.3 Å². The molecule has 0 N–H and O–H groups in total. The second-order valence-electron chi connectivity index (χ2n) is 14.6. The lowest BCUT2D eigenvalue weighted by Gasteiger charge is -2.31. The third-order valence-corrected chi connectivity index (χ3v) is 12.3. The van der Waals surface area contributed by atoms with Crippen molar-refractivity contribution in [2.75, 3.05) is 16.8 Å². The zero-order valence-corrected chi connectivity index (χ0v) is 32.0. The fourth-order valence-electron chi connectivity index (χ4n) is 8.25. The molecular weight excluding hydrogens is 673 g/mol. The fourth-order valence-corrected chi connectivity index (χ4v) is 9.34. The Morgan fingerprint density at radius 3 is 2.19 bits per heavy atom. The molecule has 6 aromatic carbocycles. The summed E-state index contributed by atoms with van der Waals surface area (Å²) in [5, 5.41) is 2.61. The standard InChI is InChI=1S/C51H44N2S/c1-35-15-10-11-21-43(35)51-36(2)16-14-23-48(51)53(42-30-32-50-46(34-42)44-22-12-13-24-49(44)54-50)41-28-25-37(26-29-41)39-27-31-47(52(3)40-19-8-5-9-20-40)45(33-39)38-17-6-4-7-18-38/h4-8,10-14,16-19,21-35H,9,15,20H2,1-3H3. The predicted molar refractivity (Wildman–Crippen MR) is 235 cm³/mol. The van der Waals surface area contributed by atoms with E-state index in [-0.39, 0.29) is 0 Å². The number of nitrogens with zero attached hydrogens (tertiary/aromatic N) is 2. The summed E-state index contributed by atoms with van der Waals surface area (Å²) in [4.78, 5) is 4.84. The van der Waals surface area contributed by atoms with Gasteiger partial charge in [-0.1, -0.05) is 116 Å². The maximum atomic E-state index is 2.48. The van der Waals surface area contributed by atoms with Gasteiger partial charge in [-0.2, -0.15) is 0 Å². The summed E-state index contributed by atoms with van der Waals surface area (Å²) in [7, 11) is 2.20. The molecule has 2 aliphatic rings. The molecule has 1 unspecified atom stereocenters. The van der Waals surface area contributed by atoms with Gasteiger partial charge in [0.15, 0.2) is 0 Å². The lowest BCUT2D eigenvalue weighted by atomic mass is 9.85. The summed E-state index contributed by atoms with van der Waals surface area (Å²) in [6.45, 7) is 4.61. The summed E-state index contributed by atoms with van der Waals surface area (Å²) in [5.41, 5.74) is 14.9. The molecule has 0 aliphatic heterocycles. The third-order valence-electron chi connectivity index (χ3n) is 11.2. The highest BCUT2D eigenvalue weighted by atomic mass is 32.1. The summed E-state index contributed by atoms with van der Waals surface area (Å²) in [6, 6.07) is 49.5. The zero-order chi connectivity index (χ0) is 36.6. The molecule has 0 saturated carbocycles. The van der Waals surface area contributed by atoms with E-state index in [1.165, 1.54) is 76.2 Å². The molecule has 264 valence electrons. The van der Waals surface area contributed by atoms with E-state index < -0.39 is 0 Å². The molecule has 3 heteroatoms. The van der Waals surface area contributed by atoms with E-state index in [1.54, 1.807) is 0 Å². The van der Waals surface area contributed by atoms with Crippen molar-refractivity contribution in [2.45, 2.75) is 33.1 Å². The highest BCUT2D eigenvalue weighted by Crippen LogP contribution is 2.46. The van der Waals surface area contributed by atoms with Crippen LogP contribution in [0.25, 0.3) is 48.0 Å². The molecule has 0 spiro atoms. The van der Waals surface area contributed by atoms with Gasteiger partial charge in [-0.3, -0.25) is 0 Å². The van der Waals surface area contributed by atoms with Gasteiger partial charge in [-0.05, 0) is 121 Å². The maximum Gasteiger partial charge on any atom is 0.0539 e. The molecule has 7 aromatic rings. The van der Waals surface area contributed by atoms with Crippen LogP contribution in [0.1, 0.15) is 37.3 Å². The van der Waals surface area contributed by atoms with Crippen molar-refractivity contribution in [3.8, 4) is 22.3 Å². The third kappa shape index (κ3) is 6.29. The monoisotopic (exact) mass is 716 g/mol. The molecule has 0 radical (unpaired) electrons. The van der Waals surface area contributed by atoms with Gasteiger partial charge in [0.2, 0.25) is 0 Å². The first-order chi connectivity index (χ1) is 26.5. The molecular formula is C51H44N2S. The second kappa shape index (κ2) is 14.5. The summed E-state index contributed by atoms with van der Waals surface area (Å²) >= 11 is 1.87. The molecule has 1 aromatic heterocycles. The number of thiophene rings is 1. The van der Waals surface area contributed by atoms with E-state index in [9.17, 15) is 0 Å². The van der Waals surface area contributed by atoms with Gasteiger partial charge in [0, 0.05) is 61.1 Å². The van der Waals surface area contributed by atoms with Gasteiger partial charge in [-0.15, -0.1) is 11.3 Å². The fraction of sp³-hybridized carbons (Fsp3) is 0.137. The van der Waals surface area contributed by atoms with Crippen molar-refractivity contribution in [2.24, 2.45) is 5.92 Å². The first-order valence-corrected chi connectivity index (χ1v) is 19.9. The quantitative estimate of drug-likeness (QED) is 0.154. The number of hydrogen-bond donors (Lipinski definition) is 0. The van der Waals surface area contributed by atoms with Crippen LogP contribution in [0.2, 0.25) is 0 Å². The summed E-state index contributed by atoms with van der Waals surface area (Å²) < 4.78 is 2.64. The topological polar surface area (TPSA) is 6.48 Å². The van der Waals surface area contributed by atoms with Crippen LogP contribution >= 0.6 is 11.3 Å². The molecule has 1 heterocycles. The predicted octanol–water partition coefficient (Wildman–Crippen LogP) is 14.8. The van der Waals surface area contributed by atoms with Crippen LogP contribution in [-0.4, -0.2) is 7.05 Å². The first kappa shape index (κ1) is 33.9. The van der Waals surface area contributed by atoms with Gasteiger partial charge < -0.3 is 9.80 Å². The Hall–Kier alpha value is -5.90. The minimum Gasteiger partial charge on any atom is -0.348 e. The number of hydrogen-bond acceptors (Lipinski definition) is 3. The minimum absolute atomic E-state index is 0.439. The maximum absolute atomic E-state index is 2.48. The van der Waals surface area contributed by atoms with Crippen LogP contribution in [0.4, 0.5) is 22.7 Å². The van der Waals surface area contributed by atoms with E-state index in [2.05, 4.69) is 201 Å². The number of aryl methyl sites for hydroxylation is 1. The number of allylic oxidation sites excluding steroid dienone is 8. The Balaban J connectivity index is 1.17. The zero-order valence-electron chi connectivity index (χ0n) is 31.2. The molecule has 9 rings (SSSR count). The first-order valence-electron chi connectivity index (χ1n) is 19.1. The molecule has 2 nitrogen and oxygen atoms in total. The van der Waals surface area contributed by atoms with Crippen LogP contribution in [-0.2, 0) is 0 Å². The van der Waals surface area contributed by atoms with E-state index in [4.69, 9.17) is 0 Å². The molecule has 54 heavy (non-hydrogen) atoms. The average molecular weight is 717 g/mol. The SMILES string of the molecule is Cc1cccc(N(c2ccc(-c3ccc(N(C)C4=CC=CCC4)c(-c4ccccc4)c3)cc2)c2ccc3sc4ccccc4c3c2)c1C1=CC=CCC1C. The highest BCUT2D eigenvalue weighted by Gasteiger charge is 2.24. The van der Waals surface area contributed by atoms with Crippen LogP contribution in [0.15, 0.2) is 176 Å². The lowest BCUT2D eigenvalue weighted by Crippen LogP contribution is -2.18. The van der Waals surface area contributed by atoms with Crippen LogP contribution in [0.3, 0.4) is 0 Å². The normalized spacial score (nSPS) is 15.4. The van der Waals surface area contributed by atoms with Crippen molar-refractivity contribution in [3.63, 3.8) is 0 Å². The van der Waals surface area contributed by atoms with E-state index in [0.29, 0.717) is 5.92 Å². The Morgan fingerprint density at radius 1 is 0.611 bits per heavy atom. The Kier molecular flexibility index (Phi) is 9.10. The summed E-state index contributed by atoms with van der Waals surface area (Å²) in [6.07, 6.45) is 16.7. The molecule has 0 saturated heterocycles. The van der Waals surface area contributed by atoms with Crippen molar-refractivity contribution in [1.82, 2.24) is 0 Å². The molecule has 1 atom stereocenters. The van der Waals surface area contributed by atoms with Crippen molar-refractivity contribution in [1.29, 1.82) is 0 Å². The molecule has 0 fully saturated rings. The number of benzene rings is 6. The van der Waals surface area contributed by atoms with Crippen molar-refractivity contribution in [3.05, 3.63) is 187 Å². The Labute approximate surface area is 323 Å². The van der Waals surface area contributed by atoms with Crippen molar-refractivity contribution >= 4 is 59.8 Å². The number of rotatable bonds is 8. The van der Waals surface area contributed by atoms with Crippen LogP contribution in [0.5, 0.6) is 0 Å². The van der Waals surface area contributed by atoms with E-state index in [0.717, 1.165) is 30.6 Å². The average Bonchev–Trinajstić information content (AvgIpc) is 3.60. The minimum atomic E-state index is 0.439. The van der Waals surface area contributed by atoms with Gasteiger partial charge in [0.05, 0.1) is 5.69 Å². The van der Waals surface area contributed by atoms with E-state index >= 15 is 0 Å². The van der Waals surface area contributed by atoms with Gasteiger partial charge in [-0.25, -0.2) is 0 Å². The Morgan fingerprint density at radius 2 is 1.37 bits per heavy atom.